The van der Waals surface area contributed by atoms with Crippen LogP contribution in [0.5, 0.6) is 0 Å². The van der Waals surface area contributed by atoms with Crippen molar-refractivity contribution in [2.45, 2.75) is 45.6 Å². The fourth-order valence-electron chi connectivity index (χ4n) is 2.51. The highest BCUT2D eigenvalue weighted by atomic mass is 16.3. The Bertz CT molecular complexity index is 257. The van der Waals surface area contributed by atoms with Crippen molar-refractivity contribution in [3.63, 3.8) is 0 Å². The third-order valence-corrected chi connectivity index (χ3v) is 3.73. The van der Waals surface area contributed by atoms with E-state index < -0.39 is 0 Å². The molecular formula is C14H29N3O2. The van der Waals surface area contributed by atoms with E-state index in [1.54, 1.807) is 0 Å². The summed E-state index contributed by atoms with van der Waals surface area (Å²) in [5.41, 5.74) is 0. The zero-order valence-electron chi connectivity index (χ0n) is 12.3. The van der Waals surface area contributed by atoms with Crippen LogP contribution in [0.4, 0.5) is 4.79 Å². The SMILES string of the molecule is CCC(CO)NC(=O)NCCCN1CCCC(C)C1. The van der Waals surface area contributed by atoms with Crippen LogP contribution in [0.15, 0.2) is 0 Å². The number of aliphatic hydroxyl groups excluding tert-OH is 1. The smallest absolute Gasteiger partial charge is 0.315 e. The summed E-state index contributed by atoms with van der Waals surface area (Å²) in [4.78, 5) is 14.0. The number of urea groups is 1. The summed E-state index contributed by atoms with van der Waals surface area (Å²) in [5, 5.41) is 14.6. The molecule has 0 aromatic heterocycles. The van der Waals surface area contributed by atoms with E-state index in [0.717, 1.165) is 25.3 Å². The lowest BCUT2D eigenvalue weighted by Gasteiger charge is -2.30. The summed E-state index contributed by atoms with van der Waals surface area (Å²) in [6.45, 7) is 8.37. The molecule has 2 atom stereocenters. The van der Waals surface area contributed by atoms with Crippen LogP contribution in [0.2, 0.25) is 0 Å². The summed E-state index contributed by atoms with van der Waals surface area (Å²) in [7, 11) is 0. The fraction of sp³-hybridized carbons (Fsp3) is 0.929. The Labute approximate surface area is 116 Å². The van der Waals surface area contributed by atoms with E-state index in [0.29, 0.717) is 6.54 Å². The summed E-state index contributed by atoms with van der Waals surface area (Å²) >= 11 is 0. The molecule has 1 fully saturated rings. The summed E-state index contributed by atoms with van der Waals surface area (Å²) in [5.74, 6) is 0.805. The number of piperidine rings is 1. The zero-order valence-corrected chi connectivity index (χ0v) is 12.3. The lowest BCUT2D eigenvalue weighted by Crippen LogP contribution is -2.44. The standard InChI is InChI=1S/C14H29N3O2/c1-3-13(11-18)16-14(19)15-7-5-9-17-8-4-6-12(2)10-17/h12-13,18H,3-11H2,1-2H3,(H2,15,16,19). The van der Waals surface area contributed by atoms with Gasteiger partial charge in [-0.15, -0.1) is 0 Å². The van der Waals surface area contributed by atoms with Crippen molar-refractivity contribution in [3.05, 3.63) is 0 Å². The van der Waals surface area contributed by atoms with E-state index >= 15 is 0 Å². The molecule has 1 saturated heterocycles. The highest BCUT2D eigenvalue weighted by Gasteiger charge is 2.15. The zero-order chi connectivity index (χ0) is 14.1. The van der Waals surface area contributed by atoms with Crippen molar-refractivity contribution in [2.24, 2.45) is 5.92 Å². The predicted molar refractivity (Wildman–Crippen MR) is 77.2 cm³/mol. The number of hydrogen-bond acceptors (Lipinski definition) is 3. The van der Waals surface area contributed by atoms with Crippen LogP contribution in [-0.2, 0) is 0 Å². The molecule has 5 nitrogen and oxygen atoms in total. The van der Waals surface area contributed by atoms with Gasteiger partial charge in [0.2, 0.25) is 0 Å². The van der Waals surface area contributed by atoms with Crippen LogP contribution < -0.4 is 10.6 Å². The molecule has 2 unspecified atom stereocenters. The molecule has 0 radical (unpaired) electrons. The second-order valence-corrected chi connectivity index (χ2v) is 5.59. The maximum absolute atomic E-state index is 11.5. The normalized spacial score (nSPS) is 21.9. The quantitative estimate of drug-likeness (QED) is 0.609. The van der Waals surface area contributed by atoms with Gasteiger partial charge in [-0.1, -0.05) is 13.8 Å². The maximum Gasteiger partial charge on any atom is 0.315 e. The average molecular weight is 271 g/mol. The van der Waals surface area contributed by atoms with Crippen LogP contribution >= 0.6 is 0 Å². The second-order valence-electron chi connectivity index (χ2n) is 5.59. The highest BCUT2D eigenvalue weighted by Crippen LogP contribution is 2.15. The van der Waals surface area contributed by atoms with Crippen LogP contribution in [0, 0.1) is 5.92 Å². The van der Waals surface area contributed by atoms with Gasteiger partial charge in [0.05, 0.1) is 12.6 Å². The molecule has 0 aromatic carbocycles. The first kappa shape index (κ1) is 16.2. The largest absolute Gasteiger partial charge is 0.394 e. The van der Waals surface area contributed by atoms with Crippen molar-refractivity contribution in [1.29, 1.82) is 0 Å². The Morgan fingerprint density at radius 2 is 2.32 bits per heavy atom. The number of nitrogens with one attached hydrogen (secondary N) is 2. The maximum atomic E-state index is 11.5. The first-order valence-electron chi connectivity index (χ1n) is 7.53. The molecule has 0 spiro atoms. The minimum Gasteiger partial charge on any atom is -0.394 e. The van der Waals surface area contributed by atoms with E-state index in [-0.39, 0.29) is 18.7 Å². The Kier molecular flexibility index (Phi) is 7.82. The first-order chi connectivity index (χ1) is 9.15. The Morgan fingerprint density at radius 3 is 2.95 bits per heavy atom. The van der Waals surface area contributed by atoms with Crippen LogP contribution in [0.3, 0.4) is 0 Å². The first-order valence-corrected chi connectivity index (χ1v) is 7.53. The van der Waals surface area contributed by atoms with Crippen molar-refractivity contribution >= 4 is 6.03 Å². The van der Waals surface area contributed by atoms with E-state index in [2.05, 4.69) is 22.5 Å². The van der Waals surface area contributed by atoms with E-state index in [4.69, 9.17) is 5.11 Å². The molecule has 1 aliphatic rings. The molecule has 1 aliphatic heterocycles. The van der Waals surface area contributed by atoms with E-state index in [1.165, 1.54) is 25.9 Å². The van der Waals surface area contributed by atoms with Crippen molar-refractivity contribution in [3.8, 4) is 0 Å². The van der Waals surface area contributed by atoms with Gasteiger partial charge in [-0.25, -0.2) is 4.79 Å². The fourth-order valence-corrected chi connectivity index (χ4v) is 2.51. The molecule has 3 N–H and O–H groups in total. The number of carbonyl (C=O) groups is 1. The highest BCUT2D eigenvalue weighted by molar-refractivity contribution is 5.74. The summed E-state index contributed by atoms with van der Waals surface area (Å²) in [6, 6.07) is -0.309. The molecule has 19 heavy (non-hydrogen) atoms. The molecule has 1 rings (SSSR count). The van der Waals surface area contributed by atoms with Gasteiger partial charge in [0.25, 0.3) is 0 Å². The van der Waals surface area contributed by atoms with Gasteiger partial charge >= 0.3 is 6.03 Å². The van der Waals surface area contributed by atoms with Crippen LogP contribution in [0.25, 0.3) is 0 Å². The van der Waals surface area contributed by atoms with Crippen molar-refractivity contribution in [2.75, 3.05) is 32.8 Å². The lowest BCUT2D eigenvalue weighted by atomic mass is 10.0. The molecule has 5 heteroatoms. The number of likely N-dealkylation sites (tertiary alicyclic amines) is 1. The number of nitrogens with zero attached hydrogens (tertiary/aromatic N) is 1. The van der Waals surface area contributed by atoms with Gasteiger partial charge in [-0.2, -0.15) is 0 Å². The van der Waals surface area contributed by atoms with Gasteiger partial charge in [-0.05, 0) is 44.7 Å². The number of aliphatic hydroxyl groups is 1. The molecular weight excluding hydrogens is 242 g/mol. The summed E-state index contributed by atoms with van der Waals surface area (Å²) < 4.78 is 0. The average Bonchev–Trinajstić information content (AvgIpc) is 2.41. The lowest BCUT2D eigenvalue weighted by molar-refractivity contribution is 0.181. The third-order valence-electron chi connectivity index (χ3n) is 3.73. The van der Waals surface area contributed by atoms with Crippen molar-refractivity contribution in [1.82, 2.24) is 15.5 Å². The van der Waals surface area contributed by atoms with Gasteiger partial charge in [0.1, 0.15) is 0 Å². The number of amides is 2. The Balaban J connectivity index is 2.05. The molecule has 0 aromatic rings. The minimum absolute atomic E-state index is 0.00438. The monoisotopic (exact) mass is 271 g/mol. The van der Waals surface area contributed by atoms with E-state index in [9.17, 15) is 4.79 Å². The molecule has 2 amide bonds. The Morgan fingerprint density at radius 1 is 1.53 bits per heavy atom. The van der Waals surface area contributed by atoms with Gasteiger partial charge < -0.3 is 20.6 Å². The predicted octanol–water partition coefficient (Wildman–Crippen LogP) is 1.18. The van der Waals surface area contributed by atoms with Gasteiger partial charge in [0.15, 0.2) is 0 Å². The van der Waals surface area contributed by atoms with Crippen LogP contribution in [0.1, 0.15) is 39.5 Å². The molecule has 0 bridgehead atoms. The minimum atomic E-state index is -0.173. The molecule has 0 aliphatic carbocycles. The van der Waals surface area contributed by atoms with E-state index in [1.807, 2.05) is 6.92 Å². The van der Waals surface area contributed by atoms with Crippen LogP contribution in [-0.4, -0.2) is 54.9 Å². The number of rotatable bonds is 7. The van der Waals surface area contributed by atoms with Gasteiger partial charge in [0, 0.05) is 13.1 Å². The third kappa shape index (κ3) is 6.78. The van der Waals surface area contributed by atoms with Crippen molar-refractivity contribution < 1.29 is 9.90 Å². The number of hydrogen-bond donors (Lipinski definition) is 3. The molecule has 1 heterocycles. The second kappa shape index (κ2) is 9.15. The topological polar surface area (TPSA) is 64.6 Å². The Hall–Kier alpha value is -0.810. The molecule has 112 valence electrons. The van der Waals surface area contributed by atoms with Gasteiger partial charge in [-0.3, -0.25) is 0 Å². The number of carbonyl (C=O) groups excluding carboxylic acids is 1. The molecule has 0 saturated carbocycles. The summed E-state index contributed by atoms with van der Waals surface area (Å²) in [6.07, 6.45) is 4.37.